The molecule has 2 atom stereocenters. The van der Waals surface area contributed by atoms with Crippen LogP contribution in [0.1, 0.15) is 43.7 Å². The van der Waals surface area contributed by atoms with E-state index < -0.39 is 29.7 Å². The zero-order chi connectivity index (χ0) is 21.5. The van der Waals surface area contributed by atoms with Crippen LogP contribution in [-0.4, -0.2) is 34.9 Å². The topological polar surface area (TPSA) is 106 Å². The first-order valence-corrected chi connectivity index (χ1v) is 10.1. The molecule has 2 aromatic rings. The Morgan fingerprint density at radius 1 is 1.27 bits per heavy atom. The molecule has 0 unspecified atom stereocenters. The van der Waals surface area contributed by atoms with Crippen LogP contribution in [0.2, 0.25) is 0 Å². The van der Waals surface area contributed by atoms with E-state index in [9.17, 15) is 19.2 Å². The Hall–Kier alpha value is -3.16. The average molecular weight is 412 g/mol. The van der Waals surface area contributed by atoms with Gasteiger partial charge in [-0.1, -0.05) is 31.9 Å². The van der Waals surface area contributed by atoms with Crippen molar-refractivity contribution < 1.29 is 23.5 Å². The Bertz CT molecular complexity index is 1090. The number of carbonyl (C=O) groups excluding carboxylic acids is 3. The van der Waals surface area contributed by atoms with Crippen LogP contribution in [0.15, 0.2) is 33.5 Å². The van der Waals surface area contributed by atoms with Crippen molar-refractivity contribution in [3.8, 4) is 0 Å². The molecule has 1 aromatic heterocycles. The fraction of sp³-hybridized carbons (Fsp3) is 0.455. The second kappa shape index (κ2) is 7.59. The number of urea groups is 1. The number of ether oxygens (including phenoxy) is 1. The Balaban J connectivity index is 1.46. The predicted octanol–water partition coefficient (Wildman–Crippen LogP) is 2.65. The van der Waals surface area contributed by atoms with Gasteiger partial charge in [0.1, 0.15) is 24.3 Å². The van der Waals surface area contributed by atoms with Crippen LogP contribution in [-0.2, 0) is 20.9 Å². The lowest BCUT2D eigenvalue weighted by Crippen LogP contribution is -2.54. The molecule has 1 N–H and O–H groups in total. The standard InChI is InChI=1S/C22H24N2O6/c1-13-6-7-16-15(10-18(25)30-17(16)9-13)12-29-19(26)11-24-20(27)22(23-21(24)28)8-4-3-5-14(22)2/h6-7,9-10,14H,3-5,8,11-12H2,1-2H3,(H,23,28)/t14-,22+/m1/s1. The molecule has 8 heteroatoms. The number of hydrogen-bond acceptors (Lipinski definition) is 6. The molecule has 0 bridgehead atoms. The number of rotatable bonds is 4. The highest BCUT2D eigenvalue weighted by molar-refractivity contribution is 6.09. The van der Waals surface area contributed by atoms with E-state index in [2.05, 4.69) is 5.32 Å². The summed E-state index contributed by atoms with van der Waals surface area (Å²) in [6.45, 7) is 3.21. The summed E-state index contributed by atoms with van der Waals surface area (Å²) in [6.07, 6.45) is 3.31. The van der Waals surface area contributed by atoms with Crippen LogP contribution in [0.4, 0.5) is 4.79 Å². The molecule has 1 saturated heterocycles. The molecule has 1 spiro atoms. The lowest BCUT2D eigenvalue weighted by Gasteiger charge is -2.36. The fourth-order valence-corrected chi connectivity index (χ4v) is 4.43. The fourth-order valence-electron chi connectivity index (χ4n) is 4.43. The molecule has 158 valence electrons. The van der Waals surface area contributed by atoms with Crippen molar-refractivity contribution in [1.82, 2.24) is 10.2 Å². The summed E-state index contributed by atoms with van der Waals surface area (Å²) in [6, 6.07) is 6.11. The number of hydrogen-bond donors (Lipinski definition) is 1. The van der Waals surface area contributed by atoms with Gasteiger partial charge in [-0.3, -0.25) is 14.5 Å². The quantitative estimate of drug-likeness (QED) is 0.470. The summed E-state index contributed by atoms with van der Waals surface area (Å²) < 4.78 is 10.5. The van der Waals surface area contributed by atoms with Crippen LogP contribution < -0.4 is 10.9 Å². The van der Waals surface area contributed by atoms with Gasteiger partial charge in [0, 0.05) is 17.0 Å². The van der Waals surface area contributed by atoms with Gasteiger partial charge in [0.25, 0.3) is 5.91 Å². The number of fused-ring (bicyclic) bond motifs is 1. The number of imide groups is 1. The van der Waals surface area contributed by atoms with Crippen molar-refractivity contribution in [2.75, 3.05) is 6.54 Å². The summed E-state index contributed by atoms with van der Waals surface area (Å²) in [4.78, 5) is 50.5. The van der Waals surface area contributed by atoms with Gasteiger partial charge in [0.15, 0.2) is 0 Å². The number of nitrogens with one attached hydrogen (secondary N) is 1. The van der Waals surface area contributed by atoms with E-state index in [0.717, 1.165) is 29.7 Å². The summed E-state index contributed by atoms with van der Waals surface area (Å²) in [5, 5.41) is 3.48. The number of benzene rings is 1. The third-order valence-electron chi connectivity index (χ3n) is 6.16. The third-order valence-corrected chi connectivity index (χ3v) is 6.16. The van der Waals surface area contributed by atoms with Crippen LogP contribution in [0.5, 0.6) is 0 Å². The van der Waals surface area contributed by atoms with Crippen molar-refractivity contribution >= 4 is 28.9 Å². The van der Waals surface area contributed by atoms with Crippen LogP contribution in [0, 0.1) is 12.8 Å². The summed E-state index contributed by atoms with van der Waals surface area (Å²) in [7, 11) is 0. The highest BCUT2D eigenvalue weighted by Crippen LogP contribution is 2.38. The van der Waals surface area contributed by atoms with Gasteiger partial charge in [0.05, 0.1) is 0 Å². The first-order chi connectivity index (χ1) is 14.3. The molecular formula is C22H24N2O6. The van der Waals surface area contributed by atoms with E-state index in [4.69, 9.17) is 9.15 Å². The normalized spacial score (nSPS) is 23.8. The summed E-state index contributed by atoms with van der Waals surface area (Å²) >= 11 is 0. The van der Waals surface area contributed by atoms with Crippen molar-refractivity contribution in [2.24, 2.45) is 5.92 Å². The second-order valence-electron chi connectivity index (χ2n) is 8.19. The number of carbonyl (C=O) groups is 3. The summed E-state index contributed by atoms with van der Waals surface area (Å²) in [5.74, 6) is -1.06. The van der Waals surface area contributed by atoms with Gasteiger partial charge in [-0.2, -0.15) is 0 Å². The summed E-state index contributed by atoms with van der Waals surface area (Å²) in [5.41, 5.74) is 0.396. The van der Waals surface area contributed by atoms with Gasteiger partial charge < -0.3 is 14.5 Å². The van der Waals surface area contributed by atoms with Crippen molar-refractivity contribution in [3.63, 3.8) is 0 Å². The molecule has 2 fully saturated rings. The van der Waals surface area contributed by atoms with Gasteiger partial charge in [-0.05, 0) is 37.3 Å². The molecule has 1 saturated carbocycles. The highest BCUT2D eigenvalue weighted by Gasteiger charge is 2.55. The van der Waals surface area contributed by atoms with Gasteiger partial charge in [0.2, 0.25) is 0 Å². The monoisotopic (exact) mass is 412 g/mol. The van der Waals surface area contributed by atoms with Crippen LogP contribution in [0.3, 0.4) is 0 Å². The molecule has 4 rings (SSSR count). The molecule has 1 aliphatic carbocycles. The predicted molar refractivity (Wildman–Crippen MR) is 108 cm³/mol. The van der Waals surface area contributed by atoms with E-state index in [1.165, 1.54) is 6.07 Å². The van der Waals surface area contributed by atoms with Crippen molar-refractivity contribution in [1.29, 1.82) is 0 Å². The minimum Gasteiger partial charge on any atom is -0.459 e. The Morgan fingerprint density at radius 2 is 2.07 bits per heavy atom. The maximum atomic E-state index is 12.9. The lowest BCUT2D eigenvalue weighted by atomic mass is 9.73. The molecule has 8 nitrogen and oxygen atoms in total. The average Bonchev–Trinajstić information content (AvgIpc) is 2.93. The second-order valence-corrected chi connectivity index (χ2v) is 8.19. The molecule has 1 aliphatic heterocycles. The SMILES string of the molecule is Cc1ccc2c(COC(=O)CN3C(=O)N[C@]4(CCCC[C@H]4C)C3=O)cc(=O)oc2c1. The lowest BCUT2D eigenvalue weighted by molar-refractivity contribution is -0.149. The number of amides is 3. The van der Waals surface area contributed by atoms with E-state index in [1.54, 1.807) is 12.1 Å². The van der Waals surface area contributed by atoms with Crippen LogP contribution >= 0.6 is 0 Å². The molecule has 2 heterocycles. The zero-order valence-electron chi connectivity index (χ0n) is 17.0. The van der Waals surface area contributed by atoms with E-state index >= 15 is 0 Å². The minimum atomic E-state index is -0.915. The van der Waals surface area contributed by atoms with Crippen molar-refractivity contribution in [2.45, 2.75) is 51.7 Å². The Kier molecular flexibility index (Phi) is 5.09. The molecule has 1 aromatic carbocycles. The van der Waals surface area contributed by atoms with E-state index in [1.807, 2.05) is 19.9 Å². The Labute approximate surface area is 173 Å². The maximum Gasteiger partial charge on any atom is 0.336 e. The van der Waals surface area contributed by atoms with E-state index in [-0.39, 0.29) is 18.4 Å². The number of esters is 1. The first-order valence-electron chi connectivity index (χ1n) is 10.1. The Morgan fingerprint density at radius 3 is 2.83 bits per heavy atom. The first kappa shape index (κ1) is 20.1. The number of nitrogens with zero attached hydrogens (tertiary/aromatic N) is 1. The van der Waals surface area contributed by atoms with E-state index in [0.29, 0.717) is 23.0 Å². The smallest absolute Gasteiger partial charge is 0.336 e. The molecular weight excluding hydrogens is 388 g/mol. The maximum absolute atomic E-state index is 12.9. The highest BCUT2D eigenvalue weighted by atomic mass is 16.5. The van der Waals surface area contributed by atoms with Crippen LogP contribution in [0.25, 0.3) is 11.0 Å². The number of aryl methyl sites for hydroxylation is 1. The molecule has 2 aliphatic rings. The minimum absolute atomic E-state index is 0.0158. The largest absolute Gasteiger partial charge is 0.459 e. The molecule has 30 heavy (non-hydrogen) atoms. The molecule has 0 radical (unpaired) electrons. The van der Waals surface area contributed by atoms with Gasteiger partial charge in [-0.25, -0.2) is 9.59 Å². The molecule has 3 amide bonds. The van der Waals surface area contributed by atoms with Gasteiger partial charge in [-0.15, -0.1) is 0 Å². The third kappa shape index (κ3) is 3.46. The van der Waals surface area contributed by atoms with Crippen molar-refractivity contribution in [3.05, 3.63) is 45.8 Å². The van der Waals surface area contributed by atoms with Gasteiger partial charge >= 0.3 is 17.6 Å². The zero-order valence-corrected chi connectivity index (χ0v) is 17.0.